The molecule has 0 saturated heterocycles. The molecular formula is C64H118O11Si4. The normalized spacial score (nSPS) is 26.2. The third-order valence-electron chi connectivity index (χ3n) is 19.2. The number of esters is 1. The summed E-state index contributed by atoms with van der Waals surface area (Å²) in [6, 6.07) is 10.5. The highest BCUT2D eigenvalue weighted by Gasteiger charge is 2.52. The molecule has 13 atom stereocenters. The minimum Gasteiger partial charge on any atom is -0.497 e. The molecule has 0 aliphatic carbocycles. The monoisotopic (exact) mass is 1170 g/mol. The zero-order valence-corrected chi connectivity index (χ0v) is 59.4. The summed E-state index contributed by atoms with van der Waals surface area (Å²) in [5.41, 5.74) is 2.83. The summed E-state index contributed by atoms with van der Waals surface area (Å²) < 4.78 is 56.5. The third-order valence-corrected chi connectivity index (χ3v) is 37.2. The number of ether oxygens (including phenoxy) is 4. The maximum atomic E-state index is 16.0. The average molecular weight is 1180 g/mol. The van der Waals surface area contributed by atoms with Gasteiger partial charge in [0.15, 0.2) is 39.4 Å². The maximum absolute atomic E-state index is 16.0. The number of benzene rings is 1. The number of carbonyl (C=O) groups excluding carboxylic acids is 2. The van der Waals surface area contributed by atoms with Gasteiger partial charge in [0.25, 0.3) is 0 Å². The Morgan fingerprint density at radius 2 is 1.27 bits per heavy atom. The van der Waals surface area contributed by atoms with Crippen LogP contribution in [0.4, 0.5) is 0 Å². The lowest BCUT2D eigenvalue weighted by molar-refractivity contribution is -0.179. The van der Waals surface area contributed by atoms with Crippen molar-refractivity contribution in [2.75, 3.05) is 20.8 Å². The molecule has 1 aromatic carbocycles. The van der Waals surface area contributed by atoms with E-state index < -0.39 is 99.7 Å². The van der Waals surface area contributed by atoms with Gasteiger partial charge in [0.05, 0.1) is 50.8 Å². The third kappa shape index (κ3) is 19.5. The van der Waals surface area contributed by atoms with Crippen LogP contribution < -0.4 is 4.74 Å². The smallest absolute Gasteiger partial charge is 0.337 e. The van der Waals surface area contributed by atoms with Crippen LogP contribution in [0, 0.1) is 35.5 Å². The van der Waals surface area contributed by atoms with E-state index in [1.165, 1.54) is 0 Å². The van der Waals surface area contributed by atoms with E-state index in [1.54, 1.807) is 14.2 Å². The second-order valence-corrected chi connectivity index (χ2v) is 47.1. The number of aliphatic hydroxyl groups excluding tert-OH is 1. The quantitative estimate of drug-likeness (QED) is 0.0603. The molecule has 1 heterocycles. The molecule has 0 radical (unpaired) electrons. The number of Topliss-reactive ketones (excluding diaryl/α,β-unsaturated/α-hetero) is 1. The fourth-order valence-corrected chi connectivity index (χ4v) is 17.3. The largest absolute Gasteiger partial charge is 0.497 e. The lowest BCUT2D eigenvalue weighted by atomic mass is 9.80. The van der Waals surface area contributed by atoms with Crippen LogP contribution in [-0.4, -0.2) is 114 Å². The molecule has 8 unspecified atom stereocenters. The van der Waals surface area contributed by atoms with E-state index in [9.17, 15) is 5.11 Å². The van der Waals surface area contributed by atoms with Crippen molar-refractivity contribution in [1.29, 1.82) is 0 Å². The summed E-state index contributed by atoms with van der Waals surface area (Å²) in [4.78, 5) is 31.3. The molecule has 0 saturated carbocycles. The van der Waals surface area contributed by atoms with Gasteiger partial charge in [-0.05, 0) is 128 Å². The van der Waals surface area contributed by atoms with Gasteiger partial charge in [0.2, 0.25) is 0 Å². The lowest BCUT2D eigenvalue weighted by Crippen LogP contribution is -2.58. The number of rotatable bonds is 24. The number of aliphatic hydroxyl groups is 1. The summed E-state index contributed by atoms with van der Waals surface area (Å²) in [6.07, 6.45) is 3.08. The molecule has 11 nitrogen and oxygen atoms in total. The van der Waals surface area contributed by atoms with Gasteiger partial charge in [-0.25, -0.2) is 4.79 Å². The number of methoxy groups -OCH3 is 2. The van der Waals surface area contributed by atoms with Crippen molar-refractivity contribution < 1.29 is 51.3 Å². The number of carbonyl (C=O) groups is 2. The standard InChI is InChI=1S/C64H118O11Si4/c1-29-33-43(5)38-45(7)56(73-77(25,26)63(15,16)17)52(41-65)58(70-42-50-34-36-51(68-21)37-35-50)47(9)54-40-53(66)44(6)39-46(8)55(72-76(23,24)62(12,13)14)48(10)57(75-79(30-2,31-3)32-4)49(11)59(69-22)60(61(67)71-54)74-78(27,28)64(18,19)20/h29,33-39,43-44,47-49,52,54-60,65H,30-32,40-42H2,1-28H3/b33-29-,45-38+,46-39+/t43-,44?,47-,48?,49?,52-,54?,55?,56-,57?,58+,59?,60?/m1/s1. The highest BCUT2D eigenvalue weighted by molar-refractivity contribution is 6.75. The van der Waals surface area contributed by atoms with Gasteiger partial charge >= 0.3 is 5.97 Å². The molecule has 1 aliphatic heterocycles. The van der Waals surface area contributed by atoms with Gasteiger partial charge in [-0.1, -0.05) is 154 Å². The van der Waals surface area contributed by atoms with E-state index in [2.05, 4.69) is 175 Å². The van der Waals surface area contributed by atoms with Gasteiger partial charge in [-0.3, -0.25) is 4.79 Å². The van der Waals surface area contributed by atoms with E-state index in [1.807, 2.05) is 51.1 Å². The van der Waals surface area contributed by atoms with E-state index in [0.29, 0.717) is 0 Å². The molecule has 0 spiro atoms. The highest BCUT2D eigenvalue weighted by atomic mass is 28.4. The Kier molecular flexibility index (Phi) is 27.9. The summed E-state index contributed by atoms with van der Waals surface area (Å²) in [7, 11) is -6.82. The van der Waals surface area contributed by atoms with Crippen molar-refractivity contribution in [1.82, 2.24) is 0 Å². The van der Waals surface area contributed by atoms with Gasteiger partial charge in [0, 0.05) is 43.1 Å². The molecule has 15 heteroatoms. The predicted molar refractivity (Wildman–Crippen MR) is 339 cm³/mol. The summed E-state index contributed by atoms with van der Waals surface area (Å²) >= 11 is 0. The molecule has 0 amide bonds. The fourth-order valence-electron chi connectivity index (χ4n) is 10.4. The Balaban J connectivity index is 3.30. The van der Waals surface area contributed by atoms with Crippen LogP contribution in [-0.2, 0) is 48.1 Å². The van der Waals surface area contributed by atoms with Crippen LogP contribution in [0.5, 0.6) is 5.75 Å². The molecule has 1 aromatic rings. The lowest BCUT2D eigenvalue weighted by Gasteiger charge is -2.48. The molecule has 0 aromatic heterocycles. The first-order valence-electron chi connectivity index (χ1n) is 30.0. The summed E-state index contributed by atoms with van der Waals surface area (Å²) in [5, 5.41) is 11.4. The number of ketones is 1. The van der Waals surface area contributed by atoms with E-state index in [0.717, 1.165) is 40.6 Å². The minimum absolute atomic E-state index is 0.0839. The summed E-state index contributed by atoms with van der Waals surface area (Å²) in [5.74, 6) is -2.39. The topological polar surface area (TPSA) is 128 Å². The second kappa shape index (κ2) is 30.2. The van der Waals surface area contributed by atoms with Crippen molar-refractivity contribution in [2.45, 2.75) is 267 Å². The van der Waals surface area contributed by atoms with Crippen LogP contribution in [0.3, 0.4) is 0 Å². The molecule has 0 bridgehead atoms. The van der Waals surface area contributed by atoms with Gasteiger partial charge < -0.3 is 41.8 Å². The van der Waals surface area contributed by atoms with Crippen LogP contribution in [0.15, 0.2) is 59.7 Å². The van der Waals surface area contributed by atoms with Crippen molar-refractivity contribution in [3.63, 3.8) is 0 Å². The Morgan fingerprint density at radius 3 is 1.71 bits per heavy atom. The molecular weight excluding hydrogens is 1060 g/mol. The first kappa shape index (κ1) is 73.1. The fraction of sp³-hybridized carbons (Fsp3) is 0.781. The molecule has 1 N–H and O–H groups in total. The van der Waals surface area contributed by atoms with Crippen LogP contribution in [0.1, 0.15) is 150 Å². The second-order valence-electron chi connectivity index (χ2n) is 28.1. The minimum atomic E-state index is -2.77. The van der Waals surface area contributed by atoms with Crippen molar-refractivity contribution in [3.8, 4) is 5.75 Å². The van der Waals surface area contributed by atoms with Crippen molar-refractivity contribution >= 4 is 45.0 Å². The van der Waals surface area contributed by atoms with Gasteiger partial charge in [-0.2, -0.15) is 0 Å². The number of hydrogen-bond acceptors (Lipinski definition) is 11. The zero-order chi connectivity index (χ0) is 61.0. The van der Waals surface area contributed by atoms with Crippen LogP contribution in [0.25, 0.3) is 0 Å². The average Bonchev–Trinajstić information content (AvgIpc) is 3.34. The van der Waals surface area contributed by atoms with Crippen molar-refractivity contribution in [3.05, 3.63) is 65.3 Å². The van der Waals surface area contributed by atoms with Gasteiger partial charge in [0.1, 0.15) is 17.6 Å². The predicted octanol–water partition coefficient (Wildman–Crippen LogP) is 16.3. The Hall–Kier alpha value is -2.03. The van der Waals surface area contributed by atoms with Crippen LogP contribution in [0.2, 0.25) is 72.5 Å². The first-order valence-corrected chi connectivity index (χ1v) is 41.3. The Bertz CT molecular complexity index is 2120. The SMILES string of the molecule is C/C=C\[C@@H](C)/C=C(\C)[C@@H](O[Si](C)(C)C(C)(C)C)[C@@H](CO)[C@@H](OCc1ccc(OC)cc1)[C@H](C)C1CC(=O)C(C)/C=C(\C)C(O[Si](C)(C)C(C)(C)C)C(C)C(O[Si](CC)(CC)CC)C(C)C(OC)C(O[Si](C)(C)C(C)(C)C)C(=O)O1. The summed E-state index contributed by atoms with van der Waals surface area (Å²) in [6.45, 7) is 56.5. The number of cyclic esters (lactones) is 1. The first-order chi connectivity index (χ1) is 36.2. The maximum Gasteiger partial charge on any atom is 0.337 e. The van der Waals surface area contributed by atoms with E-state index in [4.69, 9.17) is 36.7 Å². The number of allylic oxidation sites excluding steroid dienone is 4. The highest BCUT2D eigenvalue weighted by Crippen LogP contribution is 2.45. The Morgan fingerprint density at radius 1 is 0.759 bits per heavy atom. The van der Waals surface area contributed by atoms with Crippen molar-refractivity contribution in [2.24, 2.45) is 35.5 Å². The Labute approximate surface area is 488 Å². The van der Waals surface area contributed by atoms with Gasteiger partial charge in [-0.15, -0.1) is 0 Å². The molecule has 2 rings (SSSR count). The molecule has 0 fully saturated rings. The zero-order valence-electron chi connectivity index (χ0n) is 55.4. The molecule has 79 heavy (non-hydrogen) atoms. The van der Waals surface area contributed by atoms with Crippen LogP contribution >= 0.6 is 0 Å². The van der Waals surface area contributed by atoms with E-state index in [-0.39, 0.29) is 58.3 Å². The number of hydrogen-bond donors (Lipinski definition) is 1. The molecule has 1 aliphatic rings. The van der Waals surface area contributed by atoms with E-state index >= 15 is 9.59 Å². The molecule has 456 valence electrons.